The van der Waals surface area contributed by atoms with E-state index < -0.39 is 12.0 Å². The Labute approximate surface area is 231 Å². The number of likely N-dealkylation sites (tertiary alicyclic amines) is 2. The topological polar surface area (TPSA) is 127 Å². The Morgan fingerprint density at radius 1 is 0.900 bits per heavy atom. The second-order valence-corrected chi connectivity index (χ2v) is 10.3. The summed E-state index contributed by atoms with van der Waals surface area (Å²) in [6.45, 7) is 3.96. The van der Waals surface area contributed by atoms with Crippen molar-refractivity contribution in [3.63, 3.8) is 0 Å². The van der Waals surface area contributed by atoms with Crippen LogP contribution in [0.2, 0.25) is 0 Å². The van der Waals surface area contributed by atoms with Crippen molar-refractivity contribution in [2.45, 2.75) is 51.2 Å². The van der Waals surface area contributed by atoms with Crippen molar-refractivity contribution < 1.29 is 23.9 Å². The van der Waals surface area contributed by atoms with Gasteiger partial charge in [-0.2, -0.15) is 0 Å². The number of hydrogen-bond acceptors (Lipinski definition) is 8. The third-order valence-electron chi connectivity index (χ3n) is 7.48. The average molecular weight is 543 g/mol. The molecule has 2 saturated heterocycles. The van der Waals surface area contributed by atoms with Crippen LogP contribution in [0.25, 0.3) is 0 Å². The predicted molar refractivity (Wildman–Crippen MR) is 144 cm³/mol. The molecule has 1 N–H and O–H groups in total. The highest BCUT2D eigenvalue weighted by Crippen LogP contribution is 2.32. The second-order valence-electron chi connectivity index (χ2n) is 10.3. The second kappa shape index (κ2) is 10.9. The van der Waals surface area contributed by atoms with Gasteiger partial charge in [0.1, 0.15) is 22.9 Å². The molecule has 6 rings (SSSR count). The molecule has 1 aliphatic carbocycles. The van der Waals surface area contributed by atoms with Gasteiger partial charge in [0.05, 0.1) is 24.3 Å². The van der Waals surface area contributed by atoms with E-state index in [-0.39, 0.29) is 17.4 Å². The zero-order chi connectivity index (χ0) is 27.6. The highest BCUT2D eigenvalue weighted by molar-refractivity contribution is 6.04. The van der Waals surface area contributed by atoms with E-state index in [1.54, 1.807) is 41.4 Å². The number of aryl methyl sites for hydroxylation is 1. The summed E-state index contributed by atoms with van der Waals surface area (Å²) in [6.07, 6.45) is 8.68. The lowest BCUT2D eigenvalue weighted by Crippen LogP contribution is -2.43. The van der Waals surface area contributed by atoms with Crippen LogP contribution in [0.3, 0.4) is 0 Å². The average Bonchev–Trinajstić information content (AvgIpc) is 3.23. The number of amides is 3. The van der Waals surface area contributed by atoms with Gasteiger partial charge in [-0.3, -0.25) is 19.4 Å². The quantitative estimate of drug-likeness (QED) is 0.458. The molecule has 0 radical (unpaired) electrons. The molecule has 3 amide bonds. The van der Waals surface area contributed by atoms with E-state index >= 15 is 0 Å². The molecule has 3 aromatic rings. The Morgan fingerprint density at radius 3 is 2.38 bits per heavy atom. The highest BCUT2D eigenvalue weighted by Gasteiger charge is 2.39. The van der Waals surface area contributed by atoms with Crippen LogP contribution in [0.4, 0.5) is 5.82 Å². The first-order chi connectivity index (χ1) is 19.4. The summed E-state index contributed by atoms with van der Waals surface area (Å²) in [4.78, 5) is 54.8. The van der Waals surface area contributed by atoms with Crippen LogP contribution >= 0.6 is 0 Å². The number of nitrogens with one attached hydrogen (secondary N) is 1. The van der Waals surface area contributed by atoms with Gasteiger partial charge in [-0.15, -0.1) is 0 Å². The first-order valence-corrected chi connectivity index (χ1v) is 13.6. The number of rotatable bonds is 8. The maximum atomic E-state index is 13.1. The molecule has 1 atom stereocenters. The molecule has 0 spiro atoms. The minimum absolute atomic E-state index is 0.0244. The fourth-order valence-corrected chi connectivity index (χ4v) is 4.87. The van der Waals surface area contributed by atoms with E-state index in [0.717, 1.165) is 44.5 Å². The van der Waals surface area contributed by atoms with Crippen LogP contribution in [0, 0.1) is 6.92 Å². The summed E-state index contributed by atoms with van der Waals surface area (Å²) >= 11 is 0. The summed E-state index contributed by atoms with van der Waals surface area (Å²) in [6, 6.07) is 8.37. The maximum Gasteiger partial charge on any atom is 0.272 e. The van der Waals surface area contributed by atoms with Crippen LogP contribution in [0.1, 0.15) is 58.6 Å². The molecule has 206 valence electrons. The lowest BCUT2D eigenvalue weighted by Gasteiger charge is -2.34. The molecule has 1 aromatic carbocycles. The number of aromatic nitrogens is 3. The van der Waals surface area contributed by atoms with Gasteiger partial charge in [0.2, 0.25) is 0 Å². The molecular weight excluding hydrogens is 512 g/mol. The van der Waals surface area contributed by atoms with Crippen LogP contribution < -0.4 is 14.8 Å². The van der Waals surface area contributed by atoms with Crippen LogP contribution in [0.5, 0.6) is 17.2 Å². The Kier molecular flexibility index (Phi) is 7.02. The molecular formula is C29H30N6O5. The Bertz CT molecular complexity index is 1420. The van der Waals surface area contributed by atoms with Crippen LogP contribution in [-0.4, -0.2) is 74.3 Å². The Hall–Kier alpha value is -4.54. The van der Waals surface area contributed by atoms with Crippen molar-refractivity contribution in [1.29, 1.82) is 0 Å². The molecule has 11 heteroatoms. The SMILES string of the molecule is Cc1cnc(NC(=O)c2cc(Oc3ccc(C(=O)N4CCC4)nc3)cc(OC3CCN(C4CCC4)C3=O)c2)cn1. The molecule has 2 aromatic heterocycles. The van der Waals surface area contributed by atoms with E-state index in [0.29, 0.717) is 47.8 Å². The molecule has 40 heavy (non-hydrogen) atoms. The van der Waals surface area contributed by atoms with Crippen molar-refractivity contribution >= 4 is 23.5 Å². The van der Waals surface area contributed by atoms with Crippen LogP contribution in [-0.2, 0) is 4.79 Å². The number of benzene rings is 1. The molecule has 4 heterocycles. The normalized spacial score (nSPS) is 18.6. The minimum atomic E-state index is -0.622. The fourth-order valence-electron chi connectivity index (χ4n) is 4.87. The van der Waals surface area contributed by atoms with Gasteiger partial charge in [-0.25, -0.2) is 9.97 Å². The summed E-state index contributed by atoms with van der Waals surface area (Å²) in [5.74, 6) is 0.786. The minimum Gasteiger partial charge on any atom is -0.480 e. The van der Waals surface area contributed by atoms with Crippen molar-refractivity contribution in [3.8, 4) is 17.2 Å². The first-order valence-electron chi connectivity index (χ1n) is 13.6. The van der Waals surface area contributed by atoms with Gasteiger partial charge in [0.25, 0.3) is 17.7 Å². The van der Waals surface area contributed by atoms with E-state index in [2.05, 4.69) is 20.3 Å². The van der Waals surface area contributed by atoms with E-state index in [4.69, 9.17) is 9.47 Å². The van der Waals surface area contributed by atoms with Crippen LogP contribution in [0.15, 0.2) is 48.9 Å². The molecule has 0 bridgehead atoms. The lowest BCUT2D eigenvalue weighted by molar-refractivity contribution is -0.136. The van der Waals surface area contributed by atoms with Crippen molar-refractivity contribution in [1.82, 2.24) is 24.8 Å². The zero-order valence-electron chi connectivity index (χ0n) is 22.2. The predicted octanol–water partition coefficient (Wildman–Crippen LogP) is 3.60. The van der Waals surface area contributed by atoms with Gasteiger partial charge >= 0.3 is 0 Å². The number of pyridine rings is 1. The zero-order valence-corrected chi connectivity index (χ0v) is 22.2. The van der Waals surface area contributed by atoms with Gasteiger partial charge in [-0.1, -0.05) is 0 Å². The van der Waals surface area contributed by atoms with Crippen molar-refractivity contribution in [2.24, 2.45) is 0 Å². The number of carbonyl (C=O) groups excluding carboxylic acids is 3. The number of carbonyl (C=O) groups is 3. The van der Waals surface area contributed by atoms with Gasteiger partial charge in [-0.05, 0) is 56.9 Å². The van der Waals surface area contributed by atoms with E-state index in [9.17, 15) is 14.4 Å². The van der Waals surface area contributed by atoms with E-state index in [1.807, 2.05) is 11.8 Å². The van der Waals surface area contributed by atoms with Crippen molar-refractivity contribution in [3.05, 3.63) is 65.9 Å². The van der Waals surface area contributed by atoms with Crippen molar-refractivity contribution in [2.75, 3.05) is 25.0 Å². The maximum absolute atomic E-state index is 13.1. The van der Waals surface area contributed by atoms with E-state index in [1.165, 1.54) is 12.4 Å². The number of hydrogen-bond donors (Lipinski definition) is 1. The number of anilines is 1. The fraction of sp³-hybridized carbons (Fsp3) is 0.379. The smallest absolute Gasteiger partial charge is 0.272 e. The highest BCUT2D eigenvalue weighted by atomic mass is 16.5. The monoisotopic (exact) mass is 542 g/mol. The third-order valence-corrected chi connectivity index (χ3v) is 7.48. The summed E-state index contributed by atoms with van der Waals surface area (Å²) in [7, 11) is 0. The molecule has 2 aliphatic heterocycles. The Balaban J connectivity index is 1.22. The molecule has 1 unspecified atom stereocenters. The lowest BCUT2D eigenvalue weighted by atomic mass is 9.92. The Morgan fingerprint density at radius 2 is 1.73 bits per heavy atom. The molecule has 3 fully saturated rings. The third kappa shape index (κ3) is 5.45. The summed E-state index contributed by atoms with van der Waals surface area (Å²) in [5, 5.41) is 2.73. The molecule has 11 nitrogen and oxygen atoms in total. The number of ether oxygens (including phenoxy) is 2. The molecule has 1 saturated carbocycles. The largest absolute Gasteiger partial charge is 0.480 e. The first kappa shape index (κ1) is 25.7. The standard InChI is InChI=1S/C29H30N6O5/c1-18-15-32-26(17-30-18)33-27(36)19-12-22(39-21-6-7-24(31-16-21)28(37)34-9-3-10-34)14-23(13-19)40-25-8-11-35(29(25)38)20-4-2-5-20/h6-7,12-17,20,25H,2-5,8-11H2,1H3,(H,32,33,36). The van der Waals surface area contributed by atoms with Gasteiger partial charge < -0.3 is 24.6 Å². The van der Waals surface area contributed by atoms with Gasteiger partial charge in [0, 0.05) is 43.7 Å². The molecule has 3 aliphatic rings. The van der Waals surface area contributed by atoms with Gasteiger partial charge in [0.15, 0.2) is 11.9 Å². The number of nitrogens with zero attached hydrogens (tertiary/aromatic N) is 5. The summed E-state index contributed by atoms with van der Waals surface area (Å²) in [5.41, 5.74) is 1.33. The summed E-state index contributed by atoms with van der Waals surface area (Å²) < 4.78 is 12.1.